The number of aliphatic hydroxyl groups is 2. The summed E-state index contributed by atoms with van der Waals surface area (Å²) < 4.78 is 19.2. The van der Waals surface area contributed by atoms with Gasteiger partial charge in [-0.05, 0) is 30.3 Å². The topological polar surface area (TPSA) is 121 Å². The zero-order chi connectivity index (χ0) is 17.7. The van der Waals surface area contributed by atoms with Gasteiger partial charge in [0.05, 0.1) is 7.18 Å². The minimum atomic E-state index is -1.03. The second kappa shape index (κ2) is 13.9. The first-order valence-electron chi connectivity index (χ1n) is 6.22. The lowest BCUT2D eigenvalue weighted by molar-refractivity contribution is -0.131. The lowest BCUT2D eigenvalue weighted by atomic mass is 10.4. The van der Waals surface area contributed by atoms with Crippen LogP contribution >= 0.6 is 0 Å². The Bertz CT molecular complexity index is 613. The molecule has 0 amide bonds. The summed E-state index contributed by atoms with van der Waals surface area (Å²) in [6, 6.07) is 6.24. The molecule has 7 nitrogen and oxygen atoms in total. The molecular weight excluding hydrogens is 323 g/mol. The van der Waals surface area contributed by atoms with Crippen molar-refractivity contribution in [1.29, 1.82) is 0 Å². The van der Waals surface area contributed by atoms with Gasteiger partial charge in [0, 0.05) is 6.08 Å². The Labute approximate surface area is 138 Å². The highest BCUT2D eigenvalue weighted by molar-refractivity contribution is 5.84. The Hall–Kier alpha value is -2.71. The summed E-state index contributed by atoms with van der Waals surface area (Å²) in [5.74, 6) is 0.467. The van der Waals surface area contributed by atoms with E-state index in [1.807, 2.05) is 0 Å². The molecule has 134 valence electrons. The highest BCUT2D eigenvalue weighted by Gasteiger charge is 1.97. The largest absolute Gasteiger partial charge is 0.478 e. The van der Waals surface area contributed by atoms with E-state index >= 15 is 0 Å². The number of carbonyl (C=O) groups is 2. The minimum absolute atomic E-state index is 0. The number of hydrogen-bond donors (Lipinski definition) is 3. The normalized spacial score (nSPS) is 9.17. The molecule has 0 aromatic carbocycles. The van der Waals surface area contributed by atoms with Gasteiger partial charge in [0.2, 0.25) is 0 Å². The Morgan fingerprint density at radius 3 is 1.83 bits per heavy atom. The van der Waals surface area contributed by atoms with Crippen molar-refractivity contribution in [2.24, 2.45) is 0 Å². The van der Waals surface area contributed by atoms with Gasteiger partial charge in [-0.15, -0.1) is 0 Å². The molecule has 2 aromatic rings. The van der Waals surface area contributed by atoms with Crippen LogP contribution in [-0.4, -0.2) is 34.8 Å². The van der Waals surface area contributed by atoms with Crippen molar-refractivity contribution in [3.8, 4) is 0 Å². The molecule has 0 atom stereocenters. The first kappa shape index (κ1) is 23.6. The zero-order valence-corrected chi connectivity index (χ0v) is 12.3. The fourth-order valence-corrected chi connectivity index (χ4v) is 1.27. The molecule has 0 aliphatic heterocycles. The van der Waals surface area contributed by atoms with Crippen LogP contribution in [-0.2, 0) is 18.0 Å². The van der Waals surface area contributed by atoms with E-state index < -0.39 is 5.97 Å². The highest BCUT2D eigenvalue weighted by atomic mass is 19.1. The average molecular weight is 344 g/mol. The number of halogens is 1. The van der Waals surface area contributed by atoms with Gasteiger partial charge in [0.1, 0.15) is 30.5 Å². The molecular formula is C16H21FO7. The maximum absolute atomic E-state index is 10.1. The Morgan fingerprint density at radius 1 is 1.04 bits per heavy atom. The first-order chi connectivity index (χ1) is 11.1. The van der Waals surface area contributed by atoms with Crippen LogP contribution < -0.4 is 0 Å². The maximum atomic E-state index is 10.1. The second-order valence-electron chi connectivity index (χ2n) is 3.71. The van der Waals surface area contributed by atoms with Crippen molar-refractivity contribution in [1.82, 2.24) is 0 Å². The molecule has 0 aliphatic rings. The van der Waals surface area contributed by atoms with Crippen LogP contribution in [0.15, 0.2) is 39.2 Å². The predicted molar refractivity (Wildman–Crippen MR) is 85.1 cm³/mol. The average Bonchev–Trinajstić information content (AvgIpc) is 3.24. The molecule has 0 spiro atoms. The van der Waals surface area contributed by atoms with E-state index in [-0.39, 0.29) is 26.4 Å². The molecule has 2 aromatic heterocycles. The van der Waals surface area contributed by atoms with Crippen molar-refractivity contribution in [2.45, 2.75) is 20.6 Å². The summed E-state index contributed by atoms with van der Waals surface area (Å²) in [7, 11) is 0.500. The number of furan rings is 2. The number of carboxylic acid groups (broad SMARTS) is 1. The highest BCUT2D eigenvalue weighted by Crippen LogP contribution is 2.08. The fraction of sp³-hybridized carbons (Fsp3) is 0.250. The van der Waals surface area contributed by atoms with Crippen molar-refractivity contribution in [2.75, 3.05) is 7.18 Å². The molecule has 0 radical (unpaired) electrons. The fourth-order valence-electron chi connectivity index (χ4n) is 1.27. The van der Waals surface area contributed by atoms with E-state index in [2.05, 4.69) is 0 Å². The number of aliphatic hydroxyl groups excluding tert-OH is 2. The van der Waals surface area contributed by atoms with Crippen LogP contribution in [0.4, 0.5) is 4.39 Å². The van der Waals surface area contributed by atoms with Gasteiger partial charge in [0.15, 0.2) is 12.0 Å². The standard InChI is InChI=1S/C8H8O4.C6H6O3.CH3F.CH4/c9-5-7-2-1-6(12-7)3-4-8(10)11;7-3-5-1-2-6(4-8)9-5;1-2;/h1-4,9H,5H2,(H,10,11);1-3,8H,4H2;1H3;1H4/b4-3+;;;. The summed E-state index contributed by atoms with van der Waals surface area (Å²) in [4.78, 5) is 20.0. The van der Waals surface area contributed by atoms with Crippen LogP contribution in [0.5, 0.6) is 0 Å². The first-order valence-corrected chi connectivity index (χ1v) is 6.22. The van der Waals surface area contributed by atoms with Gasteiger partial charge in [-0.3, -0.25) is 9.18 Å². The number of carbonyl (C=O) groups excluding carboxylic acids is 1. The van der Waals surface area contributed by atoms with Gasteiger partial charge in [0.25, 0.3) is 0 Å². The predicted octanol–water partition coefficient (Wildman–Crippen LogP) is 2.68. The monoisotopic (exact) mass is 344 g/mol. The molecule has 0 aliphatic carbocycles. The van der Waals surface area contributed by atoms with E-state index in [9.17, 15) is 14.0 Å². The Morgan fingerprint density at radius 2 is 1.50 bits per heavy atom. The van der Waals surface area contributed by atoms with Crippen LogP contribution in [0.1, 0.15) is 35.3 Å². The van der Waals surface area contributed by atoms with Gasteiger partial charge in [-0.1, -0.05) is 7.43 Å². The molecule has 8 heteroatoms. The van der Waals surface area contributed by atoms with Crippen LogP contribution in [0.2, 0.25) is 0 Å². The van der Waals surface area contributed by atoms with Crippen LogP contribution in [0.3, 0.4) is 0 Å². The summed E-state index contributed by atoms with van der Waals surface area (Å²) in [6.07, 6.45) is 2.89. The lowest BCUT2D eigenvalue weighted by Crippen LogP contribution is -1.84. The number of carboxylic acids is 1. The molecule has 2 heterocycles. The molecule has 0 unspecified atom stereocenters. The van der Waals surface area contributed by atoms with E-state index in [1.165, 1.54) is 12.1 Å². The van der Waals surface area contributed by atoms with Crippen LogP contribution in [0.25, 0.3) is 6.08 Å². The second-order valence-corrected chi connectivity index (χ2v) is 3.71. The third-order valence-electron chi connectivity index (χ3n) is 2.18. The number of hydrogen-bond acceptors (Lipinski definition) is 6. The quantitative estimate of drug-likeness (QED) is 0.563. The molecule has 0 saturated heterocycles. The van der Waals surface area contributed by atoms with Gasteiger partial charge < -0.3 is 24.2 Å². The molecule has 0 saturated carbocycles. The van der Waals surface area contributed by atoms with Crippen molar-refractivity contribution in [3.05, 3.63) is 53.4 Å². The smallest absolute Gasteiger partial charge is 0.328 e. The number of rotatable bonds is 5. The number of aldehydes is 1. The van der Waals surface area contributed by atoms with Crippen molar-refractivity contribution < 1.29 is 38.1 Å². The van der Waals surface area contributed by atoms with E-state index in [0.717, 1.165) is 6.08 Å². The molecule has 3 N–H and O–H groups in total. The molecule has 2 rings (SSSR count). The van der Waals surface area contributed by atoms with Gasteiger partial charge in [-0.2, -0.15) is 0 Å². The van der Waals surface area contributed by atoms with Gasteiger partial charge >= 0.3 is 5.97 Å². The summed E-state index contributed by atoms with van der Waals surface area (Å²) >= 11 is 0. The molecule has 24 heavy (non-hydrogen) atoms. The Kier molecular flexibility index (Phi) is 13.7. The van der Waals surface area contributed by atoms with Crippen molar-refractivity contribution >= 4 is 18.3 Å². The zero-order valence-electron chi connectivity index (χ0n) is 12.3. The maximum Gasteiger partial charge on any atom is 0.328 e. The van der Waals surface area contributed by atoms with Gasteiger partial charge in [-0.25, -0.2) is 4.79 Å². The minimum Gasteiger partial charge on any atom is -0.478 e. The number of aliphatic carboxylic acids is 1. The van der Waals surface area contributed by atoms with E-state index in [0.29, 0.717) is 30.7 Å². The van der Waals surface area contributed by atoms with E-state index in [4.69, 9.17) is 24.2 Å². The van der Waals surface area contributed by atoms with E-state index in [1.54, 1.807) is 18.2 Å². The summed E-state index contributed by atoms with van der Waals surface area (Å²) in [6.45, 7) is -0.339. The Balaban J connectivity index is 0. The summed E-state index contributed by atoms with van der Waals surface area (Å²) in [5.41, 5.74) is 0. The lowest BCUT2D eigenvalue weighted by Gasteiger charge is -1.85. The number of alkyl halides is 1. The van der Waals surface area contributed by atoms with Crippen molar-refractivity contribution in [3.63, 3.8) is 0 Å². The third-order valence-corrected chi connectivity index (χ3v) is 2.18. The third kappa shape index (κ3) is 9.34. The molecule has 0 fully saturated rings. The SMILES string of the molecule is C.CF.O=C(O)/C=C/c1ccc(CO)o1.O=Cc1ccc(CO)o1. The summed E-state index contributed by atoms with van der Waals surface area (Å²) in [5, 5.41) is 25.3. The van der Waals surface area contributed by atoms with Crippen LogP contribution in [0, 0.1) is 0 Å². The molecule has 0 bridgehead atoms.